The highest BCUT2D eigenvalue weighted by molar-refractivity contribution is 8.00. The molecular formula is C12H14ClNO4S2. The highest BCUT2D eigenvalue weighted by atomic mass is 35.5. The van der Waals surface area contributed by atoms with Crippen molar-refractivity contribution in [2.45, 2.75) is 17.1 Å². The van der Waals surface area contributed by atoms with Crippen molar-refractivity contribution in [3.63, 3.8) is 0 Å². The topological polar surface area (TPSA) is 74.7 Å². The van der Waals surface area contributed by atoms with E-state index in [0.29, 0.717) is 13.1 Å². The average Bonchev–Trinajstić information content (AvgIpc) is 2.38. The Morgan fingerprint density at radius 3 is 2.80 bits per heavy atom. The summed E-state index contributed by atoms with van der Waals surface area (Å²) in [6, 6.07) is 3.77. The van der Waals surface area contributed by atoms with Crippen LogP contribution < -0.4 is 0 Å². The fourth-order valence-corrected chi connectivity index (χ4v) is 4.96. The monoisotopic (exact) mass is 335 g/mol. The molecule has 1 unspecified atom stereocenters. The minimum atomic E-state index is -3.67. The molecule has 1 aromatic rings. The lowest BCUT2D eigenvalue weighted by Gasteiger charge is -2.29. The van der Waals surface area contributed by atoms with Gasteiger partial charge in [0.2, 0.25) is 10.0 Å². The van der Waals surface area contributed by atoms with Gasteiger partial charge in [0.25, 0.3) is 0 Å². The summed E-state index contributed by atoms with van der Waals surface area (Å²) in [6.45, 7) is 2.83. The van der Waals surface area contributed by atoms with Crippen molar-refractivity contribution in [3.05, 3.63) is 28.8 Å². The molecule has 1 atom stereocenters. The van der Waals surface area contributed by atoms with E-state index in [9.17, 15) is 13.2 Å². The van der Waals surface area contributed by atoms with Crippen LogP contribution in [0.5, 0.6) is 0 Å². The van der Waals surface area contributed by atoms with Gasteiger partial charge >= 0.3 is 5.97 Å². The Balaban J connectivity index is 2.39. The Bertz CT molecular complexity index is 632. The standard InChI is InChI=1S/C12H14ClNO4S2/c1-8-7-14(4-5-19-8)20(17,18)9-2-3-11(13)10(6-9)12(15)16/h2-3,6,8H,4-5,7H2,1H3,(H,15,16). The van der Waals surface area contributed by atoms with Gasteiger partial charge in [0.1, 0.15) is 0 Å². The Kier molecular flexibility index (Phi) is 4.63. The largest absolute Gasteiger partial charge is 0.478 e. The number of nitrogens with zero attached hydrogens (tertiary/aromatic N) is 1. The van der Waals surface area contributed by atoms with E-state index in [1.165, 1.54) is 16.4 Å². The first kappa shape index (κ1) is 15.6. The van der Waals surface area contributed by atoms with E-state index in [4.69, 9.17) is 16.7 Å². The van der Waals surface area contributed by atoms with Crippen LogP contribution in [0.3, 0.4) is 0 Å². The van der Waals surface area contributed by atoms with Crippen LogP contribution >= 0.6 is 23.4 Å². The maximum Gasteiger partial charge on any atom is 0.337 e. The SMILES string of the molecule is CC1CN(S(=O)(=O)c2ccc(Cl)c(C(=O)O)c2)CCS1. The van der Waals surface area contributed by atoms with Crippen LogP contribution in [0.25, 0.3) is 0 Å². The molecule has 1 heterocycles. The van der Waals surface area contributed by atoms with Gasteiger partial charge in [-0.05, 0) is 18.2 Å². The molecule has 20 heavy (non-hydrogen) atoms. The number of carboxylic acid groups (broad SMARTS) is 1. The first-order chi connectivity index (χ1) is 9.32. The number of carboxylic acids is 1. The highest BCUT2D eigenvalue weighted by Crippen LogP contribution is 2.26. The Labute approximate surface area is 127 Å². The van der Waals surface area contributed by atoms with Crippen LogP contribution in [0, 0.1) is 0 Å². The van der Waals surface area contributed by atoms with Gasteiger partial charge in [-0.3, -0.25) is 0 Å². The minimum absolute atomic E-state index is 0.0269. The second-order valence-corrected chi connectivity index (χ2v) is 8.38. The number of hydrogen-bond acceptors (Lipinski definition) is 4. The Hall–Kier alpha value is -0.760. The summed E-state index contributed by atoms with van der Waals surface area (Å²) in [7, 11) is -3.67. The van der Waals surface area contributed by atoms with E-state index in [0.717, 1.165) is 11.8 Å². The van der Waals surface area contributed by atoms with Crippen molar-refractivity contribution in [2.75, 3.05) is 18.8 Å². The lowest BCUT2D eigenvalue weighted by atomic mass is 10.2. The van der Waals surface area contributed by atoms with Gasteiger partial charge in [0.15, 0.2) is 0 Å². The summed E-state index contributed by atoms with van der Waals surface area (Å²) in [5, 5.41) is 9.27. The maximum atomic E-state index is 12.5. The summed E-state index contributed by atoms with van der Waals surface area (Å²) in [6.07, 6.45) is 0. The number of thioether (sulfide) groups is 1. The summed E-state index contributed by atoms with van der Waals surface area (Å²) in [5.74, 6) is -0.505. The normalized spacial score (nSPS) is 20.8. The molecule has 0 radical (unpaired) electrons. The maximum absolute atomic E-state index is 12.5. The van der Waals surface area contributed by atoms with Crippen LogP contribution in [0.2, 0.25) is 5.02 Å². The van der Waals surface area contributed by atoms with Crippen LogP contribution in [0.4, 0.5) is 0 Å². The molecule has 0 aromatic heterocycles. The minimum Gasteiger partial charge on any atom is -0.478 e. The highest BCUT2D eigenvalue weighted by Gasteiger charge is 2.29. The average molecular weight is 336 g/mol. The number of halogens is 1. The fourth-order valence-electron chi connectivity index (χ4n) is 1.98. The molecule has 1 aromatic carbocycles. The van der Waals surface area contributed by atoms with Crippen molar-refractivity contribution >= 4 is 39.4 Å². The van der Waals surface area contributed by atoms with Crippen LogP contribution in [0.1, 0.15) is 17.3 Å². The smallest absolute Gasteiger partial charge is 0.337 e. The van der Waals surface area contributed by atoms with E-state index in [1.807, 2.05) is 6.92 Å². The van der Waals surface area contributed by atoms with Gasteiger partial charge in [-0.2, -0.15) is 16.1 Å². The van der Waals surface area contributed by atoms with E-state index < -0.39 is 16.0 Å². The molecule has 1 N–H and O–H groups in total. The first-order valence-electron chi connectivity index (χ1n) is 5.97. The van der Waals surface area contributed by atoms with Crippen molar-refractivity contribution < 1.29 is 18.3 Å². The van der Waals surface area contributed by atoms with Gasteiger partial charge < -0.3 is 5.11 Å². The number of aromatic carboxylic acids is 1. The van der Waals surface area contributed by atoms with E-state index in [2.05, 4.69) is 0 Å². The van der Waals surface area contributed by atoms with Crippen molar-refractivity contribution in [1.29, 1.82) is 0 Å². The van der Waals surface area contributed by atoms with Gasteiger partial charge in [0, 0.05) is 24.1 Å². The van der Waals surface area contributed by atoms with Crippen molar-refractivity contribution in [1.82, 2.24) is 4.31 Å². The molecule has 1 fully saturated rings. The van der Waals surface area contributed by atoms with E-state index >= 15 is 0 Å². The molecule has 8 heteroatoms. The summed E-state index contributed by atoms with van der Waals surface area (Å²) in [4.78, 5) is 11.0. The Morgan fingerprint density at radius 2 is 2.20 bits per heavy atom. The summed E-state index contributed by atoms with van der Waals surface area (Å²) >= 11 is 7.48. The third-order valence-corrected chi connectivity index (χ3v) is 6.34. The second-order valence-electron chi connectivity index (χ2n) is 4.49. The Morgan fingerprint density at radius 1 is 1.50 bits per heavy atom. The second kappa shape index (κ2) is 5.93. The molecule has 0 spiro atoms. The van der Waals surface area contributed by atoms with E-state index in [1.54, 1.807) is 11.8 Å². The summed E-state index contributed by atoms with van der Waals surface area (Å²) in [5.41, 5.74) is -0.202. The van der Waals surface area contributed by atoms with Crippen LogP contribution in [-0.2, 0) is 10.0 Å². The molecule has 0 aliphatic carbocycles. The van der Waals surface area contributed by atoms with Gasteiger partial charge in [-0.15, -0.1) is 0 Å². The molecule has 5 nitrogen and oxygen atoms in total. The molecule has 1 saturated heterocycles. The lowest BCUT2D eigenvalue weighted by Crippen LogP contribution is -2.40. The third kappa shape index (κ3) is 3.11. The fraction of sp³-hybridized carbons (Fsp3) is 0.417. The molecule has 0 bridgehead atoms. The van der Waals surface area contributed by atoms with Gasteiger partial charge in [-0.25, -0.2) is 13.2 Å². The predicted octanol–water partition coefficient (Wildman–Crippen LogP) is 2.16. The molecule has 0 saturated carbocycles. The summed E-state index contributed by atoms with van der Waals surface area (Å²) < 4.78 is 26.4. The zero-order chi connectivity index (χ0) is 14.9. The number of carbonyl (C=O) groups is 1. The molecule has 2 rings (SSSR count). The zero-order valence-electron chi connectivity index (χ0n) is 10.7. The van der Waals surface area contributed by atoms with Gasteiger partial charge in [0.05, 0.1) is 15.5 Å². The van der Waals surface area contributed by atoms with Crippen molar-refractivity contribution in [2.24, 2.45) is 0 Å². The molecule has 1 aliphatic rings. The number of rotatable bonds is 3. The molecule has 0 amide bonds. The quantitative estimate of drug-likeness (QED) is 0.916. The first-order valence-corrected chi connectivity index (χ1v) is 8.83. The van der Waals surface area contributed by atoms with Gasteiger partial charge in [-0.1, -0.05) is 18.5 Å². The number of hydrogen-bond donors (Lipinski definition) is 1. The van der Waals surface area contributed by atoms with Crippen LogP contribution in [-0.4, -0.2) is 47.9 Å². The van der Waals surface area contributed by atoms with E-state index in [-0.39, 0.29) is 20.7 Å². The van der Waals surface area contributed by atoms with Crippen molar-refractivity contribution in [3.8, 4) is 0 Å². The molecular weight excluding hydrogens is 322 g/mol. The lowest BCUT2D eigenvalue weighted by molar-refractivity contribution is 0.0697. The predicted molar refractivity (Wildman–Crippen MR) is 79.1 cm³/mol. The number of sulfonamides is 1. The van der Waals surface area contributed by atoms with Crippen LogP contribution in [0.15, 0.2) is 23.1 Å². The third-order valence-electron chi connectivity index (χ3n) is 3.01. The number of benzene rings is 1. The molecule has 110 valence electrons. The molecule has 1 aliphatic heterocycles. The zero-order valence-corrected chi connectivity index (χ0v) is 13.1.